The van der Waals surface area contributed by atoms with Crippen molar-refractivity contribution in [1.82, 2.24) is 5.32 Å². The molecule has 1 amide bonds. The summed E-state index contributed by atoms with van der Waals surface area (Å²) in [7, 11) is 0. The number of rotatable bonds is 36. The third-order valence-electron chi connectivity index (χ3n) is 10.6. The Kier molecular flexibility index (Phi) is 32.7. The van der Waals surface area contributed by atoms with Gasteiger partial charge in [-0.05, 0) is 44.9 Å². The molecule has 54 heavy (non-hydrogen) atoms. The van der Waals surface area contributed by atoms with Crippen molar-refractivity contribution in [2.75, 3.05) is 13.2 Å². The monoisotopic (exact) mass is 770 g/mol. The summed E-state index contributed by atoms with van der Waals surface area (Å²) in [6.07, 6.45) is 28.9. The van der Waals surface area contributed by atoms with Crippen LogP contribution in [0, 0.1) is 0 Å². The van der Waals surface area contributed by atoms with Crippen molar-refractivity contribution in [1.29, 1.82) is 0 Å². The van der Waals surface area contributed by atoms with Crippen LogP contribution in [0.4, 0.5) is 0 Å². The van der Waals surface area contributed by atoms with Crippen molar-refractivity contribution in [3.63, 3.8) is 0 Å². The van der Waals surface area contributed by atoms with Gasteiger partial charge in [0.25, 0.3) is 0 Å². The summed E-state index contributed by atoms with van der Waals surface area (Å²) >= 11 is 0. The van der Waals surface area contributed by atoms with Crippen molar-refractivity contribution in [3.05, 3.63) is 24.3 Å². The number of aliphatic hydroxyl groups excluding tert-OH is 6. The lowest BCUT2D eigenvalue weighted by molar-refractivity contribution is -0.303. The second-order valence-corrected chi connectivity index (χ2v) is 15.6. The Hall–Kier alpha value is -1.37. The predicted octanol–water partition coefficient (Wildman–Crippen LogP) is 7.69. The Morgan fingerprint density at radius 2 is 1.13 bits per heavy atom. The van der Waals surface area contributed by atoms with E-state index >= 15 is 0 Å². The number of hydrogen-bond donors (Lipinski definition) is 7. The molecule has 8 atom stereocenters. The standard InChI is InChI=1S/C44H83NO9/c1-3-5-7-9-11-13-15-17-18-19-20-21-23-25-27-29-31-33-39(48)45-36(35-53-44-43(52)42(51)41(50)38(34-46)54-44)40(49)37(47)32-30-28-26-24-22-16-14-12-10-8-6-4-2/h11,13,17-18,36-38,40-44,46-47,49-52H,3-10,12,14-16,19-35H2,1-2H3,(H,45,48)/b13-11-,18-17-/t36-,37+,38?,40-,41-,42?,43-,44-/m0/s1. The first-order chi connectivity index (χ1) is 26.3. The average Bonchev–Trinajstić information content (AvgIpc) is 3.17. The summed E-state index contributed by atoms with van der Waals surface area (Å²) in [4.78, 5) is 13.0. The summed E-state index contributed by atoms with van der Waals surface area (Å²) in [5, 5.41) is 65.0. The molecule has 318 valence electrons. The van der Waals surface area contributed by atoms with Crippen molar-refractivity contribution in [2.24, 2.45) is 0 Å². The molecule has 0 aromatic rings. The first-order valence-corrected chi connectivity index (χ1v) is 22.1. The Morgan fingerprint density at radius 1 is 0.648 bits per heavy atom. The van der Waals surface area contributed by atoms with Crippen LogP contribution in [0.3, 0.4) is 0 Å². The van der Waals surface area contributed by atoms with Crippen molar-refractivity contribution in [2.45, 2.75) is 236 Å². The lowest BCUT2D eigenvalue weighted by atomic mass is 9.98. The van der Waals surface area contributed by atoms with Gasteiger partial charge in [0.2, 0.25) is 5.91 Å². The fraction of sp³-hybridized carbons (Fsp3) is 0.886. The van der Waals surface area contributed by atoms with E-state index in [9.17, 15) is 35.4 Å². The molecule has 0 radical (unpaired) electrons. The molecule has 7 N–H and O–H groups in total. The van der Waals surface area contributed by atoms with Crippen LogP contribution in [0.2, 0.25) is 0 Å². The zero-order chi connectivity index (χ0) is 39.7. The molecule has 10 nitrogen and oxygen atoms in total. The molecule has 1 aliphatic heterocycles. The van der Waals surface area contributed by atoms with Crippen molar-refractivity contribution in [3.8, 4) is 0 Å². The number of hydrogen-bond acceptors (Lipinski definition) is 9. The largest absolute Gasteiger partial charge is 0.394 e. The molecule has 0 aromatic heterocycles. The molecule has 0 aromatic carbocycles. The maximum absolute atomic E-state index is 13.0. The molecule has 1 fully saturated rings. The minimum atomic E-state index is -1.61. The molecule has 1 saturated heterocycles. The molecule has 1 heterocycles. The Labute approximate surface area is 329 Å². The van der Waals surface area contributed by atoms with Gasteiger partial charge in [0, 0.05) is 6.42 Å². The van der Waals surface area contributed by atoms with Crippen LogP contribution in [0.15, 0.2) is 24.3 Å². The van der Waals surface area contributed by atoms with Crippen LogP contribution in [0.5, 0.6) is 0 Å². The summed E-state index contributed by atoms with van der Waals surface area (Å²) in [6, 6.07) is -0.993. The number of carbonyl (C=O) groups is 1. The average molecular weight is 770 g/mol. The van der Waals surface area contributed by atoms with E-state index in [0.29, 0.717) is 12.8 Å². The zero-order valence-corrected chi connectivity index (χ0v) is 34.3. The topological polar surface area (TPSA) is 169 Å². The van der Waals surface area contributed by atoms with E-state index in [1.807, 2.05) is 0 Å². The van der Waals surface area contributed by atoms with Crippen molar-refractivity contribution < 1.29 is 44.9 Å². The fourth-order valence-electron chi connectivity index (χ4n) is 6.99. The van der Waals surface area contributed by atoms with E-state index in [-0.39, 0.29) is 18.9 Å². The van der Waals surface area contributed by atoms with Crippen molar-refractivity contribution >= 4 is 5.91 Å². The summed E-state index contributed by atoms with van der Waals surface area (Å²) in [5.74, 6) is -0.267. The van der Waals surface area contributed by atoms with Crippen LogP contribution in [-0.4, -0.2) is 98.7 Å². The Bertz CT molecular complexity index is 916. The van der Waals surface area contributed by atoms with Gasteiger partial charge < -0.3 is 45.4 Å². The number of carbonyl (C=O) groups excluding carboxylic acids is 1. The lowest BCUT2D eigenvalue weighted by Gasteiger charge is -2.40. The van der Waals surface area contributed by atoms with Gasteiger partial charge >= 0.3 is 0 Å². The highest BCUT2D eigenvalue weighted by atomic mass is 16.7. The highest BCUT2D eigenvalue weighted by Gasteiger charge is 2.44. The molecule has 1 rings (SSSR count). The summed E-state index contributed by atoms with van der Waals surface area (Å²) in [6.45, 7) is 3.56. The lowest BCUT2D eigenvalue weighted by Crippen LogP contribution is -2.60. The highest BCUT2D eigenvalue weighted by molar-refractivity contribution is 5.76. The number of aliphatic hydroxyl groups is 6. The van der Waals surface area contributed by atoms with E-state index in [0.717, 1.165) is 57.8 Å². The highest BCUT2D eigenvalue weighted by Crippen LogP contribution is 2.23. The van der Waals surface area contributed by atoms with Crippen LogP contribution in [0.1, 0.15) is 187 Å². The number of amides is 1. The number of allylic oxidation sites excluding steroid dienone is 4. The van der Waals surface area contributed by atoms with Gasteiger partial charge in [0.1, 0.15) is 30.5 Å². The molecule has 1 aliphatic rings. The maximum atomic E-state index is 13.0. The third-order valence-corrected chi connectivity index (χ3v) is 10.6. The van der Waals surface area contributed by atoms with Gasteiger partial charge in [-0.15, -0.1) is 0 Å². The third kappa shape index (κ3) is 25.0. The Morgan fingerprint density at radius 3 is 1.69 bits per heavy atom. The first kappa shape index (κ1) is 50.6. The van der Waals surface area contributed by atoms with E-state index in [1.165, 1.54) is 96.3 Å². The second kappa shape index (κ2) is 34.8. The van der Waals surface area contributed by atoms with E-state index in [1.54, 1.807) is 0 Å². The SMILES string of the molecule is CCCCC/C=C\C/C=C\CCCCCCCCCC(=O)N[C@@H](CO[C@H]1OC(CO)[C@H](O)C(O)[C@@H]1O)[C@H](O)[C@H](O)CCCCCCCCCCCCCC. The van der Waals surface area contributed by atoms with Crippen LogP contribution in [-0.2, 0) is 14.3 Å². The molecule has 10 heteroatoms. The van der Waals surface area contributed by atoms with Gasteiger partial charge in [-0.25, -0.2) is 0 Å². The minimum absolute atomic E-state index is 0.267. The van der Waals surface area contributed by atoms with Crippen LogP contribution >= 0.6 is 0 Å². The second-order valence-electron chi connectivity index (χ2n) is 15.6. The molecule has 0 bridgehead atoms. The smallest absolute Gasteiger partial charge is 0.220 e. The molecule has 0 saturated carbocycles. The van der Waals surface area contributed by atoms with E-state index in [2.05, 4.69) is 43.5 Å². The minimum Gasteiger partial charge on any atom is -0.394 e. The summed E-state index contributed by atoms with van der Waals surface area (Å²) in [5.41, 5.74) is 0. The van der Waals surface area contributed by atoms with Crippen LogP contribution < -0.4 is 5.32 Å². The number of unbranched alkanes of at least 4 members (excludes halogenated alkanes) is 21. The molecular formula is C44H83NO9. The van der Waals surface area contributed by atoms with E-state index in [4.69, 9.17) is 9.47 Å². The van der Waals surface area contributed by atoms with Gasteiger partial charge in [-0.3, -0.25) is 4.79 Å². The van der Waals surface area contributed by atoms with Gasteiger partial charge in [0.15, 0.2) is 6.29 Å². The molecule has 0 aliphatic carbocycles. The fourth-order valence-corrected chi connectivity index (χ4v) is 6.99. The molecule has 2 unspecified atom stereocenters. The van der Waals surface area contributed by atoms with Gasteiger partial charge in [-0.2, -0.15) is 0 Å². The first-order valence-electron chi connectivity index (χ1n) is 22.1. The summed E-state index contributed by atoms with van der Waals surface area (Å²) < 4.78 is 11.1. The zero-order valence-electron chi connectivity index (χ0n) is 34.3. The maximum Gasteiger partial charge on any atom is 0.220 e. The normalized spacial score (nSPS) is 22.3. The number of nitrogens with one attached hydrogen (secondary N) is 1. The Balaban J connectivity index is 2.42. The quantitative estimate of drug-likeness (QED) is 0.0250. The van der Waals surface area contributed by atoms with E-state index < -0.39 is 55.6 Å². The van der Waals surface area contributed by atoms with Gasteiger partial charge in [-0.1, -0.05) is 160 Å². The molecular weight excluding hydrogens is 686 g/mol. The molecule has 0 spiro atoms. The van der Waals surface area contributed by atoms with Gasteiger partial charge in [0.05, 0.1) is 25.4 Å². The number of ether oxygens (including phenoxy) is 2. The van der Waals surface area contributed by atoms with Crippen LogP contribution in [0.25, 0.3) is 0 Å². The predicted molar refractivity (Wildman–Crippen MR) is 218 cm³/mol.